The third-order valence-electron chi connectivity index (χ3n) is 7.68. The van der Waals surface area contributed by atoms with Gasteiger partial charge >= 0.3 is 0 Å². The van der Waals surface area contributed by atoms with Crippen LogP contribution in [0, 0.1) is 0 Å². The minimum atomic E-state index is 0.0161. The van der Waals surface area contributed by atoms with E-state index in [1.807, 2.05) is 12.1 Å². The summed E-state index contributed by atoms with van der Waals surface area (Å²) in [5, 5.41) is 0. The molecule has 0 saturated heterocycles. The number of fused-ring (bicyclic) bond motifs is 2. The highest BCUT2D eigenvalue weighted by atomic mass is 16.5. The van der Waals surface area contributed by atoms with E-state index in [-0.39, 0.29) is 6.10 Å². The van der Waals surface area contributed by atoms with Gasteiger partial charge in [0, 0.05) is 25.6 Å². The van der Waals surface area contributed by atoms with Crippen LogP contribution in [-0.2, 0) is 4.74 Å². The van der Waals surface area contributed by atoms with E-state index in [0.29, 0.717) is 5.92 Å². The van der Waals surface area contributed by atoms with Gasteiger partial charge in [-0.15, -0.1) is 0 Å². The first kappa shape index (κ1) is 27.1. The standard InChI is InChI=1S/C19H19N.C17H21NO/c1-20-12-11-16-15-9-5-6-10-17(15)19(18(16)13-20)14-7-3-2-4-8-14;1-18(2)13-14-19-17(15-9-5-3-6-10-15)16-11-7-4-8-12-16/h2-10,19H,11-13H2,1H3;3-12,17H,13-14H2,1-2H3. The van der Waals surface area contributed by atoms with E-state index in [1.165, 1.54) is 40.8 Å². The summed E-state index contributed by atoms with van der Waals surface area (Å²) in [5.41, 5.74) is 10.0. The highest BCUT2D eigenvalue weighted by Crippen LogP contribution is 2.48. The van der Waals surface area contributed by atoms with Crippen LogP contribution in [0.2, 0.25) is 0 Å². The normalized spacial score (nSPS) is 16.6. The molecule has 4 aromatic rings. The number of likely N-dealkylation sites (N-methyl/N-ethyl adjacent to an activating group) is 2. The first-order valence-electron chi connectivity index (χ1n) is 14.0. The molecule has 200 valence electrons. The molecule has 2 aliphatic rings. The van der Waals surface area contributed by atoms with Crippen LogP contribution in [0.5, 0.6) is 0 Å². The molecule has 0 amide bonds. The molecular weight excluding hydrogens is 476 g/mol. The average Bonchev–Trinajstić information content (AvgIpc) is 3.30. The molecule has 0 spiro atoms. The fourth-order valence-corrected chi connectivity index (χ4v) is 5.73. The number of hydrogen-bond acceptors (Lipinski definition) is 3. The van der Waals surface area contributed by atoms with Gasteiger partial charge in [0.15, 0.2) is 0 Å². The molecule has 1 unspecified atom stereocenters. The molecule has 1 aliphatic carbocycles. The summed E-state index contributed by atoms with van der Waals surface area (Å²) < 4.78 is 6.08. The van der Waals surface area contributed by atoms with Crippen molar-refractivity contribution in [2.75, 3.05) is 47.4 Å². The Morgan fingerprint density at radius 1 is 0.769 bits per heavy atom. The van der Waals surface area contributed by atoms with E-state index in [1.54, 1.807) is 11.1 Å². The van der Waals surface area contributed by atoms with Crippen molar-refractivity contribution in [2.45, 2.75) is 18.4 Å². The van der Waals surface area contributed by atoms with Crippen molar-refractivity contribution in [1.82, 2.24) is 9.80 Å². The third kappa shape index (κ3) is 6.57. The van der Waals surface area contributed by atoms with Crippen molar-refractivity contribution < 1.29 is 4.74 Å². The molecule has 1 heterocycles. The van der Waals surface area contributed by atoms with Gasteiger partial charge in [-0.05, 0) is 66.5 Å². The summed E-state index contributed by atoms with van der Waals surface area (Å²) in [5.74, 6) is 0.463. The van der Waals surface area contributed by atoms with Gasteiger partial charge in [-0.3, -0.25) is 0 Å². The van der Waals surface area contributed by atoms with Crippen molar-refractivity contribution >= 4 is 5.57 Å². The molecule has 0 radical (unpaired) electrons. The van der Waals surface area contributed by atoms with Gasteiger partial charge in [0.1, 0.15) is 6.10 Å². The minimum Gasteiger partial charge on any atom is -0.367 e. The molecule has 3 heteroatoms. The molecule has 0 bridgehead atoms. The van der Waals surface area contributed by atoms with E-state index in [2.05, 4.69) is 134 Å². The molecule has 6 rings (SSSR count). The second kappa shape index (κ2) is 13.0. The predicted molar refractivity (Wildman–Crippen MR) is 163 cm³/mol. The van der Waals surface area contributed by atoms with Gasteiger partial charge in [0.25, 0.3) is 0 Å². The zero-order valence-electron chi connectivity index (χ0n) is 23.5. The number of rotatable bonds is 7. The number of benzene rings is 4. The van der Waals surface area contributed by atoms with Crippen molar-refractivity contribution in [3.05, 3.63) is 149 Å². The zero-order valence-corrected chi connectivity index (χ0v) is 23.5. The lowest BCUT2D eigenvalue weighted by Gasteiger charge is -2.27. The Morgan fingerprint density at radius 2 is 1.33 bits per heavy atom. The smallest absolute Gasteiger partial charge is 0.108 e. The van der Waals surface area contributed by atoms with Crippen LogP contribution in [0.4, 0.5) is 0 Å². The maximum atomic E-state index is 6.08. The topological polar surface area (TPSA) is 15.7 Å². The highest BCUT2D eigenvalue weighted by molar-refractivity contribution is 5.81. The van der Waals surface area contributed by atoms with Crippen LogP contribution in [0.1, 0.15) is 46.3 Å². The van der Waals surface area contributed by atoms with E-state index in [0.717, 1.165) is 19.7 Å². The van der Waals surface area contributed by atoms with E-state index >= 15 is 0 Å². The molecule has 0 aromatic heterocycles. The summed E-state index contributed by atoms with van der Waals surface area (Å²) in [6, 6.07) is 40.7. The Morgan fingerprint density at radius 3 is 1.95 bits per heavy atom. The van der Waals surface area contributed by atoms with Crippen molar-refractivity contribution in [3.8, 4) is 0 Å². The fourth-order valence-electron chi connectivity index (χ4n) is 5.73. The Balaban J connectivity index is 0.000000158. The number of hydrogen-bond donors (Lipinski definition) is 0. The van der Waals surface area contributed by atoms with Crippen LogP contribution in [0.15, 0.2) is 121 Å². The van der Waals surface area contributed by atoms with Gasteiger partial charge in [0.05, 0.1) is 6.61 Å². The predicted octanol–water partition coefficient (Wildman–Crippen LogP) is 7.28. The Kier molecular flexibility index (Phi) is 9.05. The monoisotopic (exact) mass is 516 g/mol. The van der Waals surface area contributed by atoms with Crippen molar-refractivity contribution in [3.63, 3.8) is 0 Å². The maximum Gasteiger partial charge on any atom is 0.108 e. The highest BCUT2D eigenvalue weighted by Gasteiger charge is 2.34. The number of ether oxygens (including phenoxy) is 1. The Hall–Kier alpha value is -3.50. The molecule has 4 aromatic carbocycles. The molecule has 1 atom stereocenters. The van der Waals surface area contributed by atoms with Crippen LogP contribution in [-0.4, -0.2) is 57.2 Å². The molecule has 3 nitrogen and oxygen atoms in total. The lowest BCUT2D eigenvalue weighted by molar-refractivity contribution is 0.0687. The molecule has 39 heavy (non-hydrogen) atoms. The van der Waals surface area contributed by atoms with Gasteiger partial charge < -0.3 is 14.5 Å². The summed E-state index contributed by atoms with van der Waals surface area (Å²) in [6.45, 7) is 3.93. The van der Waals surface area contributed by atoms with E-state index < -0.39 is 0 Å². The molecule has 0 saturated carbocycles. The van der Waals surface area contributed by atoms with Crippen LogP contribution < -0.4 is 0 Å². The first-order valence-corrected chi connectivity index (χ1v) is 14.0. The lowest BCUT2D eigenvalue weighted by atomic mass is 9.87. The number of nitrogens with zero attached hydrogens (tertiary/aromatic N) is 2. The summed E-state index contributed by atoms with van der Waals surface area (Å²) in [4.78, 5) is 4.58. The van der Waals surface area contributed by atoms with Crippen LogP contribution in [0.3, 0.4) is 0 Å². The Labute approximate surface area is 234 Å². The SMILES string of the molecule is CN(C)CCOC(c1ccccc1)c1ccccc1.CN1CCC2=C(C1)C(c1ccccc1)c1ccccc12. The second-order valence-electron chi connectivity index (χ2n) is 10.8. The van der Waals surface area contributed by atoms with Crippen molar-refractivity contribution in [1.29, 1.82) is 0 Å². The third-order valence-corrected chi connectivity index (χ3v) is 7.68. The molecular formula is C36H40N2O. The Bertz CT molecular complexity index is 1310. The van der Waals surface area contributed by atoms with Crippen LogP contribution in [0.25, 0.3) is 5.57 Å². The van der Waals surface area contributed by atoms with Gasteiger partial charge in [-0.25, -0.2) is 0 Å². The second-order valence-corrected chi connectivity index (χ2v) is 10.8. The molecule has 1 aliphatic heterocycles. The summed E-state index contributed by atoms with van der Waals surface area (Å²) >= 11 is 0. The quantitative estimate of drug-likeness (QED) is 0.257. The van der Waals surface area contributed by atoms with Gasteiger partial charge in [0.2, 0.25) is 0 Å². The average molecular weight is 517 g/mol. The zero-order chi connectivity index (χ0) is 27.0. The summed E-state index contributed by atoms with van der Waals surface area (Å²) in [7, 11) is 6.35. The van der Waals surface area contributed by atoms with Crippen molar-refractivity contribution in [2.24, 2.45) is 0 Å². The largest absolute Gasteiger partial charge is 0.367 e. The van der Waals surface area contributed by atoms with Gasteiger partial charge in [-0.1, -0.05) is 115 Å². The minimum absolute atomic E-state index is 0.0161. The first-order chi connectivity index (χ1) is 19.1. The van der Waals surface area contributed by atoms with E-state index in [4.69, 9.17) is 4.74 Å². The van der Waals surface area contributed by atoms with E-state index in [9.17, 15) is 0 Å². The maximum absolute atomic E-state index is 6.08. The van der Waals surface area contributed by atoms with Crippen LogP contribution >= 0.6 is 0 Å². The lowest BCUT2D eigenvalue weighted by Crippen LogP contribution is -2.27. The molecule has 0 fully saturated rings. The summed E-state index contributed by atoms with van der Waals surface area (Å²) in [6.07, 6.45) is 1.20. The molecule has 0 N–H and O–H groups in total. The van der Waals surface area contributed by atoms with Gasteiger partial charge in [-0.2, -0.15) is 0 Å². The fraction of sp³-hybridized carbons (Fsp3) is 0.278.